The standard InChI is InChI=1S/C16H22I2O2S/c1-17-16(21,18-2)13(19)20-9-14-5-11-3-10-4-12(8-14)15(14,6-10)7-11/h10-12,21H,1-9H2. The minimum Gasteiger partial charge on any atom is -0.463 e. The molecule has 3 bridgehead atoms. The van der Waals surface area contributed by atoms with E-state index in [-0.39, 0.29) is 5.97 Å². The zero-order valence-electron chi connectivity index (χ0n) is 12.1. The first-order valence-corrected chi connectivity index (χ1v) is 13.3. The molecule has 0 saturated heterocycles. The van der Waals surface area contributed by atoms with Crippen LogP contribution in [0.1, 0.15) is 38.5 Å². The van der Waals surface area contributed by atoms with Crippen LogP contribution in [0.4, 0.5) is 0 Å². The van der Waals surface area contributed by atoms with Crippen LogP contribution in [0, 0.1) is 28.6 Å². The number of hydrogen-bond donors (Lipinski definition) is 1. The van der Waals surface area contributed by atoms with Crippen LogP contribution in [-0.2, 0) is 9.53 Å². The molecule has 4 saturated carbocycles. The maximum atomic E-state index is 12.4. The van der Waals surface area contributed by atoms with Crippen molar-refractivity contribution in [1.82, 2.24) is 0 Å². The second-order valence-electron chi connectivity index (χ2n) is 7.54. The fraction of sp³-hybridized carbons (Fsp3) is 0.812. The van der Waals surface area contributed by atoms with E-state index in [1.165, 1.54) is 38.5 Å². The average Bonchev–Trinajstić information content (AvgIpc) is 2.79. The molecule has 0 N–H and O–H groups in total. The SMILES string of the molecule is C=IC(S)(I=C)C(=O)OCC12CC3CC4CC(C1)C2(C4)C3. The van der Waals surface area contributed by atoms with Gasteiger partial charge in [-0.1, -0.05) is 50.5 Å². The van der Waals surface area contributed by atoms with Gasteiger partial charge < -0.3 is 4.74 Å². The summed E-state index contributed by atoms with van der Waals surface area (Å²) in [6.45, 7) is 0.654. The molecule has 1 spiro atoms. The molecule has 0 aromatic carbocycles. The van der Waals surface area contributed by atoms with Crippen molar-refractivity contribution in [2.45, 2.75) is 39.3 Å². The van der Waals surface area contributed by atoms with Gasteiger partial charge in [-0.25, -0.2) is 4.79 Å². The summed E-state index contributed by atoms with van der Waals surface area (Å²) in [7, 11) is 0. The Hall–Kier alpha value is 1.02. The van der Waals surface area contributed by atoms with Gasteiger partial charge in [-0.15, -0.1) is 12.6 Å². The van der Waals surface area contributed by atoms with Crippen molar-refractivity contribution in [2.24, 2.45) is 28.6 Å². The second-order valence-corrected chi connectivity index (χ2v) is 16.7. The van der Waals surface area contributed by atoms with Gasteiger partial charge in [-0.05, 0) is 61.7 Å². The molecule has 0 amide bonds. The van der Waals surface area contributed by atoms with Crippen LogP contribution >= 0.6 is 54.1 Å². The van der Waals surface area contributed by atoms with Crippen LogP contribution in [0.5, 0.6) is 0 Å². The van der Waals surface area contributed by atoms with E-state index >= 15 is 0 Å². The van der Waals surface area contributed by atoms with Gasteiger partial charge in [0.15, 0.2) is 0 Å². The predicted octanol–water partition coefficient (Wildman–Crippen LogP) is 4.14. The minimum absolute atomic E-state index is 0.110. The van der Waals surface area contributed by atoms with Crippen molar-refractivity contribution in [3.05, 3.63) is 0 Å². The maximum Gasteiger partial charge on any atom is 0.341 e. The lowest BCUT2D eigenvalue weighted by molar-refractivity contribution is -0.167. The normalized spacial score (nSPS) is 46.2. The van der Waals surface area contributed by atoms with Crippen molar-refractivity contribution in [1.29, 1.82) is 0 Å². The van der Waals surface area contributed by atoms with Gasteiger partial charge in [0.05, 0.1) is 6.61 Å². The molecule has 4 fully saturated rings. The lowest BCUT2D eigenvalue weighted by atomic mass is 9.46. The largest absolute Gasteiger partial charge is 0.463 e. The molecule has 0 aromatic heterocycles. The van der Waals surface area contributed by atoms with Gasteiger partial charge in [0.2, 0.25) is 0.760 Å². The summed E-state index contributed by atoms with van der Waals surface area (Å²) >= 11 is 3.54. The van der Waals surface area contributed by atoms with E-state index in [2.05, 4.69) is 21.7 Å². The Kier molecular flexibility index (Phi) is 3.71. The first-order valence-electron chi connectivity index (χ1n) is 7.66. The minimum atomic E-state index is -0.582. The van der Waals surface area contributed by atoms with Crippen molar-refractivity contribution in [2.75, 3.05) is 6.61 Å². The van der Waals surface area contributed by atoms with E-state index < -0.39 is 42.2 Å². The highest BCUT2D eigenvalue weighted by molar-refractivity contribution is 14.3. The number of carbonyl (C=O) groups excluding carboxylic acids is 1. The molecule has 4 rings (SSSR count). The van der Waals surface area contributed by atoms with E-state index in [9.17, 15) is 4.79 Å². The van der Waals surface area contributed by atoms with Crippen LogP contribution in [0.25, 0.3) is 0 Å². The van der Waals surface area contributed by atoms with Crippen molar-refractivity contribution in [3.8, 4) is 0 Å². The highest BCUT2D eigenvalue weighted by Gasteiger charge is 2.74. The summed E-state index contributed by atoms with van der Waals surface area (Å²) in [6, 6.07) is 0. The van der Waals surface area contributed by atoms with Crippen LogP contribution in [0.3, 0.4) is 0 Å². The number of thiol groups is 1. The fourth-order valence-corrected chi connectivity index (χ4v) is 8.84. The summed E-state index contributed by atoms with van der Waals surface area (Å²) in [6.07, 6.45) is 8.36. The van der Waals surface area contributed by atoms with E-state index in [0.717, 1.165) is 17.8 Å². The Balaban J connectivity index is 1.50. The van der Waals surface area contributed by atoms with Crippen LogP contribution < -0.4 is 0 Å². The summed E-state index contributed by atoms with van der Waals surface area (Å²) in [5, 5.41) is 0. The first-order chi connectivity index (χ1) is 9.97. The van der Waals surface area contributed by atoms with Crippen LogP contribution in [-0.4, -0.2) is 22.4 Å². The third-order valence-corrected chi connectivity index (χ3v) is 15.4. The average molecular weight is 532 g/mol. The lowest BCUT2D eigenvalue weighted by Gasteiger charge is -2.58. The van der Waals surface area contributed by atoms with Crippen LogP contribution in [0.2, 0.25) is 0 Å². The molecular weight excluding hydrogens is 510 g/mol. The Labute approximate surface area is 152 Å². The van der Waals surface area contributed by atoms with Gasteiger partial charge in [0, 0.05) is 5.41 Å². The number of alkyl halides is 2. The van der Waals surface area contributed by atoms with E-state index in [4.69, 9.17) is 4.74 Å². The number of ether oxygens (including phenoxy) is 1. The molecule has 4 aliphatic carbocycles. The Morgan fingerprint density at radius 1 is 1.19 bits per heavy atom. The van der Waals surface area contributed by atoms with E-state index in [1.54, 1.807) is 0 Å². The highest BCUT2D eigenvalue weighted by Crippen LogP contribution is 2.81. The molecule has 0 radical (unpaired) electrons. The molecule has 118 valence electrons. The third-order valence-electron chi connectivity index (χ3n) is 6.82. The Morgan fingerprint density at radius 2 is 1.90 bits per heavy atom. The lowest BCUT2D eigenvalue weighted by Crippen LogP contribution is -2.55. The second kappa shape index (κ2) is 5.01. The van der Waals surface area contributed by atoms with E-state index in [0.29, 0.717) is 17.4 Å². The molecule has 0 aliphatic heterocycles. The molecule has 5 atom stereocenters. The molecule has 4 aliphatic rings. The summed E-state index contributed by atoms with van der Waals surface area (Å²) in [5.41, 5.74) is 0.885. The number of rotatable bonds is 5. The molecule has 5 unspecified atom stereocenters. The molecule has 5 heteroatoms. The third kappa shape index (κ3) is 1.98. The molecule has 21 heavy (non-hydrogen) atoms. The molecule has 0 heterocycles. The monoisotopic (exact) mass is 532 g/mol. The van der Waals surface area contributed by atoms with Gasteiger partial charge >= 0.3 is 5.97 Å². The summed E-state index contributed by atoms with van der Waals surface area (Å²) < 4.78 is 13.2. The van der Waals surface area contributed by atoms with Gasteiger partial charge in [-0.3, -0.25) is 0 Å². The number of fused-ring (bicyclic) bond motifs is 2. The molecular formula is C16H22I2O2S. The van der Waals surface area contributed by atoms with Crippen LogP contribution in [0.15, 0.2) is 0 Å². The van der Waals surface area contributed by atoms with Gasteiger partial charge in [0.1, 0.15) is 0 Å². The zero-order valence-corrected chi connectivity index (χ0v) is 17.3. The van der Waals surface area contributed by atoms with Gasteiger partial charge in [0.25, 0.3) is 0 Å². The quantitative estimate of drug-likeness (QED) is 0.250. The molecule has 0 aromatic rings. The van der Waals surface area contributed by atoms with Crippen molar-refractivity contribution in [3.63, 3.8) is 0 Å². The predicted molar refractivity (Wildman–Crippen MR) is 108 cm³/mol. The summed E-state index contributed by atoms with van der Waals surface area (Å²) in [5.74, 6) is 2.72. The van der Waals surface area contributed by atoms with E-state index in [1.807, 2.05) is 0 Å². The van der Waals surface area contributed by atoms with Gasteiger partial charge in [-0.2, -0.15) is 0 Å². The fourth-order valence-electron chi connectivity index (χ4n) is 6.27. The summed E-state index contributed by atoms with van der Waals surface area (Å²) in [4.78, 5) is 12.4. The molecule has 2 nitrogen and oxygen atoms in total. The topological polar surface area (TPSA) is 26.3 Å². The Morgan fingerprint density at radius 3 is 2.62 bits per heavy atom. The number of carbonyl (C=O) groups is 1. The Bertz CT molecular complexity index is 522. The maximum absolute atomic E-state index is 12.4. The van der Waals surface area contributed by atoms with Crippen molar-refractivity contribution < 1.29 is 9.53 Å². The number of halogens is 2. The smallest absolute Gasteiger partial charge is 0.341 e. The highest BCUT2D eigenvalue weighted by atomic mass is 127. The zero-order chi connectivity index (χ0) is 14.9. The van der Waals surface area contributed by atoms with Crippen molar-refractivity contribution >= 4 is 69.1 Å². The number of esters is 1. The first kappa shape index (κ1) is 15.5. The number of hydrogen-bond acceptors (Lipinski definition) is 3.